The lowest BCUT2D eigenvalue weighted by molar-refractivity contribution is 0.628. The molecule has 1 heterocycles. The maximum atomic E-state index is 12.9. The standard InChI is InChI=1S/C11H10ClFN2O/c1-6-10(14-15(2)11(6)16)8-4-3-7(13)5-9(8)12/h3-5,14H,1-2H3. The van der Waals surface area contributed by atoms with Gasteiger partial charge in [-0.05, 0) is 25.1 Å². The van der Waals surface area contributed by atoms with Crippen LogP contribution in [-0.2, 0) is 7.05 Å². The number of nitrogens with one attached hydrogen (secondary N) is 1. The predicted octanol–water partition coefficient (Wildman–Crippen LogP) is 2.48. The Hall–Kier alpha value is -1.55. The molecule has 0 spiro atoms. The number of hydrogen-bond acceptors (Lipinski definition) is 1. The molecule has 0 atom stereocenters. The fourth-order valence-corrected chi connectivity index (χ4v) is 1.88. The number of halogens is 2. The van der Waals surface area contributed by atoms with E-state index >= 15 is 0 Å². The minimum Gasteiger partial charge on any atom is -0.295 e. The van der Waals surface area contributed by atoms with Gasteiger partial charge in [-0.3, -0.25) is 14.6 Å². The molecule has 5 heteroatoms. The van der Waals surface area contributed by atoms with Gasteiger partial charge in [0.05, 0.1) is 10.7 Å². The van der Waals surface area contributed by atoms with E-state index in [1.54, 1.807) is 20.0 Å². The van der Waals surface area contributed by atoms with Crippen molar-refractivity contribution in [1.82, 2.24) is 9.78 Å². The molecular weight excluding hydrogens is 231 g/mol. The third-order valence-corrected chi connectivity index (χ3v) is 2.79. The Morgan fingerprint density at radius 1 is 1.44 bits per heavy atom. The molecule has 0 amide bonds. The van der Waals surface area contributed by atoms with Gasteiger partial charge >= 0.3 is 0 Å². The number of hydrogen-bond donors (Lipinski definition) is 1. The molecule has 84 valence electrons. The zero-order chi connectivity index (χ0) is 11.9. The number of benzene rings is 1. The summed E-state index contributed by atoms with van der Waals surface area (Å²) in [4.78, 5) is 11.6. The molecule has 0 aliphatic carbocycles. The first-order chi connectivity index (χ1) is 7.50. The van der Waals surface area contributed by atoms with E-state index in [1.807, 2.05) is 0 Å². The Bertz CT molecular complexity index is 601. The van der Waals surface area contributed by atoms with E-state index in [0.717, 1.165) is 0 Å². The summed E-state index contributed by atoms with van der Waals surface area (Å²) < 4.78 is 14.3. The topological polar surface area (TPSA) is 37.8 Å². The fourth-order valence-electron chi connectivity index (χ4n) is 1.62. The molecule has 0 radical (unpaired) electrons. The Labute approximate surface area is 96.5 Å². The maximum absolute atomic E-state index is 12.9. The average molecular weight is 241 g/mol. The summed E-state index contributed by atoms with van der Waals surface area (Å²) >= 11 is 5.93. The Kier molecular flexibility index (Phi) is 2.59. The van der Waals surface area contributed by atoms with Gasteiger partial charge < -0.3 is 0 Å². The van der Waals surface area contributed by atoms with Gasteiger partial charge in [0.25, 0.3) is 5.56 Å². The summed E-state index contributed by atoms with van der Waals surface area (Å²) in [6, 6.07) is 4.09. The van der Waals surface area contributed by atoms with Crippen LogP contribution in [0.15, 0.2) is 23.0 Å². The lowest BCUT2D eigenvalue weighted by Gasteiger charge is -2.02. The third-order valence-electron chi connectivity index (χ3n) is 2.48. The monoisotopic (exact) mass is 240 g/mol. The normalized spacial score (nSPS) is 10.8. The van der Waals surface area contributed by atoms with Crippen LogP contribution in [0.4, 0.5) is 4.39 Å². The largest absolute Gasteiger partial charge is 0.295 e. The van der Waals surface area contributed by atoms with E-state index in [4.69, 9.17) is 11.6 Å². The SMILES string of the molecule is Cc1c(-c2ccc(F)cc2Cl)[nH]n(C)c1=O. The minimum absolute atomic E-state index is 0.115. The number of aromatic nitrogens is 2. The van der Waals surface area contributed by atoms with Crippen molar-refractivity contribution in [3.05, 3.63) is 45.0 Å². The van der Waals surface area contributed by atoms with Crippen molar-refractivity contribution < 1.29 is 4.39 Å². The quantitative estimate of drug-likeness (QED) is 0.817. The second-order valence-corrected chi connectivity index (χ2v) is 4.01. The van der Waals surface area contributed by atoms with E-state index in [-0.39, 0.29) is 10.6 Å². The minimum atomic E-state index is -0.398. The fraction of sp³-hybridized carbons (Fsp3) is 0.182. The predicted molar refractivity (Wildman–Crippen MR) is 61.2 cm³/mol. The van der Waals surface area contributed by atoms with Crippen LogP contribution < -0.4 is 5.56 Å². The van der Waals surface area contributed by atoms with Gasteiger partial charge in [0.1, 0.15) is 5.82 Å². The lowest BCUT2D eigenvalue weighted by atomic mass is 10.1. The molecule has 0 saturated heterocycles. The highest BCUT2D eigenvalue weighted by atomic mass is 35.5. The third kappa shape index (κ3) is 1.65. The van der Waals surface area contributed by atoms with Crippen LogP contribution in [0.25, 0.3) is 11.3 Å². The molecule has 1 aromatic heterocycles. The van der Waals surface area contributed by atoms with Crippen molar-refractivity contribution in [2.45, 2.75) is 6.92 Å². The van der Waals surface area contributed by atoms with Gasteiger partial charge in [-0.1, -0.05) is 11.6 Å². The number of H-pyrrole nitrogens is 1. The second kappa shape index (κ2) is 3.79. The van der Waals surface area contributed by atoms with Crippen LogP contribution in [0.3, 0.4) is 0 Å². The summed E-state index contributed by atoms with van der Waals surface area (Å²) in [5.74, 6) is -0.398. The van der Waals surface area contributed by atoms with Gasteiger partial charge in [0.15, 0.2) is 0 Å². The molecule has 1 aromatic carbocycles. The summed E-state index contributed by atoms with van der Waals surface area (Å²) in [5.41, 5.74) is 1.70. The Morgan fingerprint density at radius 3 is 2.62 bits per heavy atom. The molecule has 2 aromatic rings. The van der Waals surface area contributed by atoms with Gasteiger partial charge in [-0.2, -0.15) is 0 Å². The number of aryl methyl sites for hydroxylation is 1. The number of nitrogens with zero attached hydrogens (tertiary/aromatic N) is 1. The molecule has 0 aliphatic rings. The van der Waals surface area contributed by atoms with Crippen molar-refractivity contribution in [1.29, 1.82) is 0 Å². The molecular formula is C11H10ClFN2O. The summed E-state index contributed by atoms with van der Waals surface area (Å²) in [5, 5.41) is 3.17. The van der Waals surface area contributed by atoms with Gasteiger partial charge in [0.2, 0.25) is 0 Å². The molecule has 0 unspecified atom stereocenters. The zero-order valence-corrected chi connectivity index (χ0v) is 9.60. The number of rotatable bonds is 1. The first-order valence-electron chi connectivity index (χ1n) is 4.71. The van der Waals surface area contributed by atoms with Crippen molar-refractivity contribution in [3.8, 4) is 11.3 Å². The van der Waals surface area contributed by atoms with Crippen LogP contribution in [0, 0.1) is 12.7 Å². The summed E-state index contributed by atoms with van der Waals surface area (Å²) in [6.45, 7) is 1.70. The van der Waals surface area contributed by atoms with E-state index in [0.29, 0.717) is 16.8 Å². The van der Waals surface area contributed by atoms with Gasteiger partial charge in [-0.15, -0.1) is 0 Å². The van der Waals surface area contributed by atoms with Crippen molar-refractivity contribution in [3.63, 3.8) is 0 Å². The molecule has 16 heavy (non-hydrogen) atoms. The molecule has 2 rings (SSSR count). The molecule has 3 nitrogen and oxygen atoms in total. The van der Waals surface area contributed by atoms with Crippen molar-refractivity contribution in [2.24, 2.45) is 7.05 Å². The van der Waals surface area contributed by atoms with E-state index in [1.165, 1.54) is 16.8 Å². The first-order valence-corrected chi connectivity index (χ1v) is 5.09. The van der Waals surface area contributed by atoms with Crippen molar-refractivity contribution in [2.75, 3.05) is 0 Å². The maximum Gasteiger partial charge on any atom is 0.269 e. The van der Waals surface area contributed by atoms with E-state index in [9.17, 15) is 9.18 Å². The van der Waals surface area contributed by atoms with E-state index in [2.05, 4.69) is 5.10 Å². The molecule has 1 N–H and O–H groups in total. The highest BCUT2D eigenvalue weighted by Crippen LogP contribution is 2.28. The molecule has 0 bridgehead atoms. The Morgan fingerprint density at radius 2 is 2.12 bits per heavy atom. The van der Waals surface area contributed by atoms with Crippen molar-refractivity contribution >= 4 is 11.6 Å². The smallest absolute Gasteiger partial charge is 0.269 e. The molecule has 0 saturated carbocycles. The summed E-state index contributed by atoms with van der Waals surface area (Å²) in [6.07, 6.45) is 0. The highest BCUT2D eigenvalue weighted by Gasteiger charge is 2.12. The molecule has 0 aliphatic heterocycles. The van der Waals surface area contributed by atoms with Crippen LogP contribution >= 0.6 is 11.6 Å². The zero-order valence-electron chi connectivity index (χ0n) is 8.84. The molecule has 0 fully saturated rings. The Balaban J connectivity index is 2.68. The second-order valence-electron chi connectivity index (χ2n) is 3.60. The van der Waals surface area contributed by atoms with Crippen LogP contribution in [-0.4, -0.2) is 9.78 Å². The van der Waals surface area contributed by atoms with Crippen LogP contribution in [0.5, 0.6) is 0 Å². The average Bonchev–Trinajstić information content (AvgIpc) is 2.46. The van der Waals surface area contributed by atoms with Crippen LogP contribution in [0.1, 0.15) is 5.56 Å². The van der Waals surface area contributed by atoms with Crippen LogP contribution in [0.2, 0.25) is 5.02 Å². The first kappa shape index (κ1) is 11.0. The van der Waals surface area contributed by atoms with E-state index < -0.39 is 5.82 Å². The van der Waals surface area contributed by atoms with Gasteiger partial charge in [0, 0.05) is 18.2 Å². The number of aromatic amines is 1. The lowest BCUT2D eigenvalue weighted by Crippen LogP contribution is -2.12. The summed E-state index contributed by atoms with van der Waals surface area (Å²) in [7, 11) is 1.62. The highest BCUT2D eigenvalue weighted by molar-refractivity contribution is 6.33. The van der Waals surface area contributed by atoms with Gasteiger partial charge in [-0.25, -0.2) is 4.39 Å².